The second kappa shape index (κ2) is 7.97. The number of phenols is 1. The SMILES string of the molecule is COc1cc(-c2ccc(-c3ccc(N(C)C4C[C@]5(C)CC[C@](C)(C4)C5)nn3)c(O)c2)cnn1. The summed E-state index contributed by atoms with van der Waals surface area (Å²) in [4.78, 5) is 2.30. The summed E-state index contributed by atoms with van der Waals surface area (Å²) >= 11 is 0. The maximum atomic E-state index is 10.7. The summed E-state index contributed by atoms with van der Waals surface area (Å²) in [6, 6.07) is 11.7. The molecule has 2 heterocycles. The van der Waals surface area contributed by atoms with Crippen LogP contribution in [0.3, 0.4) is 0 Å². The zero-order chi connectivity index (χ0) is 23.2. The summed E-state index contributed by atoms with van der Waals surface area (Å²) < 4.78 is 5.14. The fourth-order valence-corrected chi connectivity index (χ4v) is 6.02. The molecular weight excluding hydrogens is 414 g/mol. The number of benzene rings is 1. The summed E-state index contributed by atoms with van der Waals surface area (Å²) in [6.07, 6.45) is 8.05. The molecule has 1 N–H and O–H groups in total. The molecule has 172 valence electrons. The van der Waals surface area contributed by atoms with Crippen molar-refractivity contribution in [3.05, 3.63) is 42.6 Å². The maximum Gasteiger partial charge on any atom is 0.233 e. The summed E-state index contributed by atoms with van der Waals surface area (Å²) in [6.45, 7) is 4.88. The van der Waals surface area contributed by atoms with E-state index in [-0.39, 0.29) is 5.75 Å². The van der Waals surface area contributed by atoms with Crippen molar-refractivity contribution < 1.29 is 9.84 Å². The minimum Gasteiger partial charge on any atom is -0.507 e. The van der Waals surface area contributed by atoms with Crippen LogP contribution in [0.5, 0.6) is 11.6 Å². The molecule has 2 saturated carbocycles. The van der Waals surface area contributed by atoms with E-state index in [9.17, 15) is 5.11 Å². The van der Waals surface area contributed by atoms with Crippen molar-refractivity contribution in [2.45, 2.75) is 52.0 Å². The Hall–Kier alpha value is -3.22. The smallest absolute Gasteiger partial charge is 0.233 e. The van der Waals surface area contributed by atoms with Crippen LogP contribution in [0.1, 0.15) is 46.0 Å². The van der Waals surface area contributed by atoms with Gasteiger partial charge in [0.05, 0.1) is 19.0 Å². The van der Waals surface area contributed by atoms with Crippen molar-refractivity contribution >= 4 is 5.82 Å². The molecule has 2 aliphatic carbocycles. The fourth-order valence-electron chi connectivity index (χ4n) is 6.02. The Labute approximate surface area is 194 Å². The Morgan fingerprint density at radius 2 is 1.73 bits per heavy atom. The summed E-state index contributed by atoms with van der Waals surface area (Å²) in [5, 5.41) is 27.5. The van der Waals surface area contributed by atoms with Crippen LogP contribution in [-0.4, -0.2) is 45.7 Å². The third-order valence-electron chi connectivity index (χ3n) is 7.65. The lowest BCUT2D eigenvalue weighted by atomic mass is 9.68. The first-order valence-corrected chi connectivity index (χ1v) is 11.5. The number of hydrogen-bond donors (Lipinski definition) is 1. The zero-order valence-electron chi connectivity index (χ0n) is 19.7. The van der Waals surface area contributed by atoms with E-state index in [4.69, 9.17) is 4.74 Å². The lowest BCUT2D eigenvalue weighted by Gasteiger charge is -2.44. The molecule has 2 bridgehead atoms. The van der Waals surface area contributed by atoms with Crippen molar-refractivity contribution in [2.24, 2.45) is 10.8 Å². The molecule has 5 rings (SSSR count). The number of phenolic OH excluding ortho intramolecular Hbond substituents is 1. The number of methoxy groups -OCH3 is 1. The fraction of sp³-hybridized carbons (Fsp3) is 0.462. The van der Waals surface area contributed by atoms with Gasteiger partial charge in [0.1, 0.15) is 5.75 Å². The number of ether oxygens (including phenoxy) is 1. The van der Waals surface area contributed by atoms with E-state index >= 15 is 0 Å². The minimum atomic E-state index is 0.142. The van der Waals surface area contributed by atoms with E-state index in [2.05, 4.69) is 46.2 Å². The lowest BCUT2D eigenvalue weighted by Crippen LogP contribution is -2.42. The highest BCUT2D eigenvalue weighted by Gasteiger charge is 2.49. The maximum absolute atomic E-state index is 10.7. The topological polar surface area (TPSA) is 84.3 Å². The van der Waals surface area contributed by atoms with Gasteiger partial charge in [-0.05, 0) is 72.8 Å². The molecule has 0 saturated heterocycles. The van der Waals surface area contributed by atoms with Gasteiger partial charge in [-0.25, -0.2) is 0 Å². The van der Waals surface area contributed by atoms with Crippen molar-refractivity contribution in [1.82, 2.24) is 20.4 Å². The highest BCUT2D eigenvalue weighted by molar-refractivity contribution is 5.74. The summed E-state index contributed by atoms with van der Waals surface area (Å²) in [5.74, 6) is 1.45. The van der Waals surface area contributed by atoms with Crippen molar-refractivity contribution in [3.8, 4) is 34.0 Å². The van der Waals surface area contributed by atoms with Crippen LogP contribution < -0.4 is 9.64 Å². The van der Waals surface area contributed by atoms with E-state index in [1.165, 1.54) is 32.1 Å². The van der Waals surface area contributed by atoms with Gasteiger partial charge in [-0.1, -0.05) is 19.9 Å². The van der Waals surface area contributed by atoms with Gasteiger partial charge >= 0.3 is 0 Å². The predicted molar refractivity (Wildman–Crippen MR) is 128 cm³/mol. The normalized spacial score (nSPS) is 26.2. The van der Waals surface area contributed by atoms with Gasteiger partial charge in [0.25, 0.3) is 0 Å². The Kier molecular flexibility index (Phi) is 5.22. The molecule has 3 aromatic rings. The van der Waals surface area contributed by atoms with Crippen LogP contribution in [-0.2, 0) is 0 Å². The molecule has 2 aliphatic rings. The van der Waals surface area contributed by atoms with Gasteiger partial charge in [-0.15, -0.1) is 15.3 Å². The Bertz CT molecular complexity index is 1150. The molecule has 0 amide bonds. The standard InChI is InChI=1S/C26H31N5O2/c1-25-9-10-26(2,16-25)14-19(13-25)31(3)23-8-7-21(28-29-23)20-6-5-17(11-22(20)32)18-12-24(33-4)30-27-15-18/h5-8,11-12,15,19,32H,9-10,13-14,16H2,1-4H3/t19?,25-,26+. The van der Waals surface area contributed by atoms with E-state index in [1.54, 1.807) is 25.4 Å². The highest BCUT2D eigenvalue weighted by Crippen LogP contribution is 2.58. The van der Waals surface area contributed by atoms with Gasteiger partial charge in [0, 0.05) is 30.3 Å². The molecule has 0 spiro atoms. The molecule has 7 nitrogen and oxygen atoms in total. The molecule has 2 fully saturated rings. The molecule has 0 aliphatic heterocycles. The molecule has 1 aromatic carbocycles. The Morgan fingerprint density at radius 3 is 2.36 bits per heavy atom. The predicted octanol–water partition coefficient (Wildman–Crippen LogP) is 5.11. The largest absolute Gasteiger partial charge is 0.507 e. The quantitative estimate of drug-likeness (QED) is 0.584. The number of nitrogens with zero attached hydrogens (tertiary/aromatic N) is 5. The second-order valence-corrected chi connectivity index (χ2v) is 10.5. The number of rotatable bonds is 5. The van der Waals surface area contributed by atoms with Crippen LogP contribution in [0, 0.1) is 10.8 Å². The van der Waals surface area contributed by atoms with Crippen molar-refractivity contribution in [3.63, 3.8) is 0 Å². The summed E-state index contributed by atoms with van der Waals surface area (Å²) in [5.41, 5.74) is 3.82. The number of aromatic nitrogens is 4. The Morgan fingerprint density at radius 1 is 0.970 bits per heavy atom. The van der Waals surface area contributed by atoms with Crippen molar-refractivity contribution in [1.29, 1.82) is 0 Å². The van der Waals surface area contributed by atoms with E-state index in [0.717, 1.165) is 16.9 Å². The van der Waals surface area contributed by atoms with Gasteiger partial charge in [0.2, 0.25) is 5.88 Å². The number of aromatic hydroxyl groups is 1. The molecule has 33 heavy (non-hydrogen) atoms. The molecule has 7 heteroatoms. The first-order valence-electron chi connectivity index (χ1n) is 11.5. The van der Waals surface area contributed by atoms with Crippen molar-refractivity contribution in [2.75, 3.05) is 19.1 Å². The van der Waals surface area contributed by atoms with Crippen LogP contribution >= 0.6 is 0 Å². The van der Waals surface area contributed by atoms with Crippen LogP contribution in [0.4, 0.5) is 5.82 Å². The Balaban J connectivity index is 1.35. The van der Waals surface area contributed by atoms with Crippen LogP contribution in [0.15, 0.2) is 42.6 Å². The minimum absolute atomic E-state index is 0.142. The van der Waals surface area contributed by atoms with Gasteiger partial charge in [-0.3, -0.25) is 0 Å². The lowest BCUT2D eigenvalue weighted by molar-refractivity contribution is 0.148. The third-order valence-corrected chi connectivity index (χ3v) is 7.65. The first-order chi connectivity index (χ1) is 15.8. The highest BCUT2D eigenvalue weighted by atomic mass is 16.5. The average Bonchev–Trinajstić information content (AvgIpc) is 3.05. The molecule has 3 atom stereocenters. The second-order valence-electron chi connectivity index (χ2n) is 10.5. The number of fused-ring (bicyclic) bond motifs is 2. The first kappa shape index (κ1) is 21.6. The van der Waals surface area contributed by atoms with E-state index < -0.39 is 0 Å². The van der Waals surface area contributed by atoms with Crippen LogP contribution in [0.2, 0.25) is 0 Å². The molecule has 1 unspecified atom stereocenters. The van der Waals surface area contributed by atoms with E-state index in [0.29, 0.717) is 34.0 Å². The number of anilines is 1. The van der Waals surface area contributed by atoms with Gasteiger partial charge in [-0.2, -0.15) is 5.10 Å². The molecule has 2 aromatic heterocycles. The van der Waals surface area contributed by atoms with Gasteiger partial charge < -0.3 is 14.7 Å². The number of hydrogen-bond acceptors (Lipinski definition) is 7. The average molecular weight is 446 g/mol. The summed E-state index contributed by atoms with van der Waals surface area (Å²) in [7, 11) is 3.68. The third kappa shape index (κ3) is 4.12. The van der Waals surface area contributed by atoms with Crippen LogP contribution in [0.25, 0.3) is 22.4 Å². The zero-order valence-corrected chi connectivity index (χ0v) is 19.7. The van der Waals surface area contributed by atoms with E-state index in [1.807, 2.05) is 24.3 Å². The monoisotopic (exact) mass is 445 g/mol. The molecule has 0 radical (unpaired) electrons. The van der Waals surface area contributed by atoms with Gasteiger partial charge in [0.15, 0.2) is 5.82 Å². The molecular formula is C26H31N5O2.